The lowest BCUT2D eigenvalue weighted by atomic mass is 10.0. The highest BCUT2D eigenvalue weighted by Gasteiger charge is 2.41. The van der Waals surface area contributed by atoms with Crippen molar-refractivity contribution in [3.05, 3.63) is 34.9 Å². The van der Waals surface area contributed by atoms with E-state index < -0.39 is 0 Å². The van der Waals surface area contributed by atoms with Gasteiger partial charge in [-0.25, -0.2) is 0 Å². The second-order valence-corrected chi connectivity index (χ2v) is 6.72. The minimum atomic E-state index is -0.362. The van der Waals surface area contributed by atoms with Crippen LogP contribution in [0.2, 0.25) is 0 Å². The number of imide groups is 1. The minimum absolute atomic E-state index is 0.134. The summed E-state index contributed by atoms with van der Waals surface area (Å²) < 4.78 is 0. The van der Waals surface area contributed by atoms with Gasteiger partial charge in [0.25, 0.3) is 11.8 Å². The van der Waals surface area contributed by atoms with Gasteiger partial charge in [0.15, 0.2) is 0 Å². The van der Waals surface area contributed by atoms with Crippen LogP contribution in [0.3, 0.4) is 0 Å². The first kappa shape index (κ1) is 14.4. The molecule has 0 bridgehead atoms. The van der Waals surface area contributed by atoms with Crippen LogP contribution in [0.4, 0.5) is 0 Å². The van der Waals surface area contributed by atoms with Crippen molar-refractivity contribution >= 4 is 17.7 Å². The van der Waals surface area contributed by atoms with Gasteiger partial charge in [0.2, 0.25) is 5.91 Å². The molecule has 3 aliphatic heterocycles. The normalized spacial score (nSPS) is 26.0. The fraction of sp³-hybridized carbons (Fsp3) is 0.471. The molecule has 1 aromatic rings. The van der Waals surface area contributed by atoms with Crippen molar-refractivity contribution in [2.24, 2.45) is 11.8 Å². The lowest BCUT2D eigenvalue weighted by Gasteiger charge is -2.21. The van der Waals surface area contributed by atoms with Crippen molar-refractivity contribution in [1.29, 1.82) is 0 Å². The van der Waals surface area contributed by atoms with E-state index in [0.717, 1.165) is 36.6 Å². The molecule has 120 valence electrons. The molecule has 0 aromatic heterocycles. The summed E-state index contributed by atoms with van der Waals surface area (Å²) in [6, 6.07) is 5.19. The van der Waals surface area contributed by atoms with Crippen LogP contribution in [0.25, 0.3) is 0 Å². The summed E-state index contributed by atoms with van der Waals surface area (Å²) in [6.07, 6.45) is 0. The van der Waals surface area contributed by atoms with Gasteiger partial charge in [0.05, 0.1) is 11.1 Å². The summed E-state index contributed by atoms with van der Waals surface area (Å²) in [5.74, 6) is 0.153. The van der Waals surface area contributed by atoms with E-state index in [1.54, 1.807) is 17.0 Å². The van der Waals surface area contributed by atoms with E-state index in [2.05, 4.69) is 5.32 Å². The van der Waals surface area contributed by atoms with Crippen molar-refractivity contribution in [2.45, 2.75) is 6.92 Å². The fourth-order valence-corrected chi connectivity index (χ4v) is 3.84. The third kappa shape index (κ3) is 2.25. The van der Waals surface area contributed by atoms with E-state index in [1.165, 1.54) is 0 Å². The largest absolute Gasteiger partial charge is 0.340 e. The SMILES string of the molecule is Cc1ccc2c(c1)C(=O)N(CC(=O)N1C[C@H]3CNC[C@H]3C1)C2=O. The molecule has 2 atom stereocenters. The van der Waals surface area contributed by atoms with Crippen molar-refractivity contribution in [1.82, 2.24) is 15.1 Å². The molecule has 0 aliphatic carbocycles. The third-order valence-electron chi connectivity index (χ3n) is 5.16. The molecule has 2 saturated heterocycles. The molecule has 6 heteroatoms. The third-order valence-corrected chi connectivity index (χ3v) is 5.16. The number of carbonyl (C=O) groups is 3. The lowest BCUT2D eigenvalue weighted by Crippen LogP contribution is -2.42. The molecule has 3 aliphatic rings. The average Bonchev–Trinajstić information content (AvgIpc) is 3.17. The van der Waals surface area contributed by atoms with Crippen LogP contribution in [0.15, 0.2) is 18.2 Å². The summed E-state index contributed by atoms with van der Waals surface area (Å²) in [4.78, 5) is 40.2. The first-order valence-corrected chi connectivity index (χ1v) is 8.00. The van der Waals surface area contributed by atoms with Gasteiger partial charge in [-0.15, -0.1) is 0 Å². The van der Waals surface area contributed by atoms with E-state index in [9.17, 15) is 14.4 Å². The number of amides is 3. The molecule has 1 N–H and O–H groups in total. The molecule has 1 aromatic carbocycles. The second kappa shape index (κ2) is 5.16. The van der Waals surface area contributed by atoms with Gasteiger partial charge < -0.3 is 10.2 Å². The molecule has 0 unspecified atom stereocenters. The topological polar surface area (TPSA) is 69.7 Å². The van der Waals surface area contributed by atoms with Crippen LogP contribution in [-0.4, -0.2) is 60.2 Å². The summed E-state index contributed by atoms with van der Waals surface area (Å²) >= 11 is 0. The first-order valence-electron chi connectivity index (χ1n) is 8.00. The van der Waals surface area contributed by atoms with Crippen molar-refractivity contribution in [3.8, 4) is 0 Å². The van der Waals surface area contributed by atoms with Crippen molar-refractivity contribution in [3.63, 3.8) is 0 Å². The standard InChI is InChI=1S/C17H19N3O3/c1-10-2-3-13-14(4-10)17(23)20(16(13)22)9-15(21)19-7-11-5-18-6-12(11)8-19/h2-4,11-12,18H,5-9H2,1H3/t11-,12+. The number of fused-ring (bicyclic) bond motifs is 2. The van der Waals surface area contributed by atoms with Gasteiger partial charge in [-0.2, -0.15) is 0 Å². The van der Waals surface area contributed by atoms with Crippen molar-refractivity contribution in [2.75, 3.05) is 32.7 Å². The van der Waals surface area contributed by atoms with E-state index in [1.807, 2.05) is 13.0 Å². The number of nitrogens with one attached hydrogen (secondary N) is 1. The Balaban J connectivity index is 1.48. The predicted molar refractivity (Wildman–Crippen MR) is 83.0 cm³/mol. The predicted octanol–water partition coefficient (Wildman–Crippen LogP) is 0.269. The smallest absolute Gasteiger partial charge is 0.262 e. The zero-order valence-electron chi connectivity index (χ0n) is 13.0. The van der Waals surface area contributed by atoms with Gasteiger partial charge in [-0.05, 0) is 30.9 Å². The average molecular weight is 313 g/mol. The maximum absolute atomic E-state index is 12.5. The van der Waals surface area contributed by atoms with Crippen LogP contribution in [0.1, 0.15) is 26.3 Å². The highest BCUT2D eigenvalue weighted by molar-refractivity contribution is 6.22. The number of hydrogen-bond acceptors (Lipinski definition) is 4. The van der Waals surface area contributed by atoms with E-state index in [0.29, 0.717) is 23.0 Å². The van der Waals surface area contributed by atoms with E-state index in [4.69, 9.17) is 0 Å². The summed E-state index contributed by atoms with van der Waals surface area (Å²) in [5, 5.41) is 3.33. The highest BCUT2D eigenvalue weighted by Crippen LogP contribution is 2.28. The van der Waals surface area contributed by atoms with E-state index >= 15 is 0 Å². The fourth-order valence-electron chi connectivity index (χ4n) is 3.84. The Labute approximate surface area is 134 Å². The Morgan fingerprint density at radius 1 is 1.13 bits per heavy atom. The Bertz CT molecular complexity index is 703. The number of benzene rings is 1. The van der Waals surface area contributed by atoms with Crippen molar-refractivity contribution < 1.29 is 14.4 Å². The molecule has 3 amide bonds. The van der Waals surface area contributed by atoms with Crippen LogP contribution >= 0.6 is 0 Å². The number of carbonyl (C=O) groups excluding carboxylic acids is 3. The minimum Gasteiger partial charge on any atom is -0.340 e. The molecule has 2 fully saturated rings. The number of hydrogen-bond donors (Lipinski definition) is 1. The quantitative estimate of drug-likeness (QED) is 0.796. The molecule has 0 radical (unpaired) electrons. The molecule has 6 nitrogen and oxygen atoms in total. The lowest BCUT2D eigenvalue weighted by molar-refractivity contribution is -0.130. The van der Waals surface area contributed by atoms with Gasteiger partial charge in [-0.1, -0.05) is 11.6 Å². The zero-order chi connectivity index (χ0) is 16.1. The molecule has 0 spiro atoms. The van der Waals surface area contributed by atoms with Crippen LogP contribution < -0.4 is 5.32 Å². The van der Waals surface area contributed by atoms with E-state index in [-0.39, 0.29) is 24.3 Å². The Kier molecular flexibility index (Phi) is 3.23. The van der Waals surface area contributed by atoms with Crippen LogP contribution in [0, 0.1) is 18.8 Å². The molecule has 4 rings (SSSR count). The molecular weight excluding hydrogens is 294 g/mol. The van der Waals surface area contributed by atoms with Gasteiger partial charge in [-0.3, -0.25) is 19.3 Å². The van der Waals surface area contributed by atoms with Gasteiger partial charge in [0, 0.05) is 26.2 Å². The summed E-state index contributed by atoms with van der Waals surface area (Å²) in [6.45, 7) is 5.06. The van der Waals surface area contributed by atoms with Crippen LogP contribution in [0.5, 0.6) is 0 Å². The second-order valence-electron chi connectivity index (χ2n) is 6.72. The maximum atomic E-state index is 12.5. The number of likely N-dealkylation sites (tertiary alicyclic amines) is 1. The Morgan fingerprint density at radius 2 is 1.78 bits per heavy atom. The van der Waals surface area contributed by atoms with Crippen LogP contribution in [-0.2, 0) is 4.79 Å². The highest BCUT2D eigenvalue weighted by atomic mass is 16.2. The monoisotopic (exact) mass is 313 g/mol. The number of nitrogens with zero attached hydrogens (tertiary/aromatic N) is 2. The summed E-state index contributed by atoms with van der Waals surface area (Å²) in [5.41, 5.74) is 1.74. The molecule has 0 saturated carbocycles. The number of aryl methyl sites for hydroxylation is 1. The van der Waals surface area contributed by atoms with Gasteiger partial charge >= 0.3 is 0 Å². The molecular formula is C17H19N3O3. The molecule has 3 heterocycles. The summed E-state index contributed by atoms with van der Waals surface area (Å²) in [7, 11) is 0. The first-order chi connectivity index (χ1) is 11.0. The maximum Gasteiger partial charge on any atom is 0.262 e. The Morgan fingerprint density at radius 3 is 2.48 bits per heavy atom. The Hall–Kier alpha value is -2.21. The van der Waals surface area contributed by atoms with Gasteiger partial charge in [0.1, 0.15) is 6.54 Å². The zero-order valence-corrected chi connectivity index (χ0v) is 13.0. The number of rotatable bonds is 2. The molecule has 23 heavy (non-hydrogen) atoms.